The highest BCUT2D eigenvalue weighted by molar-refractivity contribution is 5.95. The highest BCUT2D eigenvalue weighted by Crippen LogP contribution is 2.05. The van der Waals surface area contributed by atoms with Crippen molar-refractivity contribution in [1.82, 2.24) is 16.0 Å². The zero-order chi connectivity index (χ0) is 24.1. The number of carbonyl (C=O) groups is 5. The fraction of sp³-hybridized carbons (Fsp3) is 0.722. The van der Waals surface area contributed by atoms with Crippen molar-refractivity contribution in [1.29, 1.82) is 0 Å². The van der Waals surface area contributed by atoms with Crippen molar-refractivity contribution in [2.45, 2.75) is 63.7 Å². The van der Waals surface area contributed by atoms with Crippen LogP contribution in [-0.2, 0) is 24.0 Å². The van der Waals surface area contributed by atoms with Gasteiger partial charge in [-0.15, -0.1) is 0 Å². The molecule has 4 amide bonds. The van der Waals surface area contributed by atoms with Crippen molar-refractivity contribution >= 4 is 29.6 Å². The molecule has 0 aromatic rings. The van der Waals surface area contributed by atoms with Gasteiger partial charge in [-0.3, -0.25) is 19.2 Å². The van der Waals surface area contributed by atoms with Crippen LogP contribution in [0.15, 0.2) is 0 Å². The number of nitrogens with two attached hydrogens (primary N) is 3. The summed E-state index contributed by atoms with van der Waals surface area (Å²) in [6.07, 6.45) is 0.758. The first kappa shape index (κ1) is 28.2. The molecule has 178 valence electrons. The first-order valence-corrected chi connectivity index (χ1v) is 9.93. The van der Waals surface area contributed by atoms with Crippen LogP contribution in [0.1, 0.15) is 39.5 Å². The topological polar surface area (TPSA) is 240 Å². The molecule has 4 atom stereocenters. The van der Waals surface area contributed by atoms with Gasteiger partial charge in [0, 0.05) is 0 Å². The molecule has 0 aliphatic carbocycles. The summed E-state index contributed by atoms with van der Waals surface area (Å²) in [5.74, 6) is -4.96. The molecule has 0 spiro atoms. The average molecular weight is 447 g/mol. The van der Waals surface area contributed by atoms with Gasteiger partial charge >= 0.3 is 5.97 Å². The Morgan fingerprint density at radius 1 is 0.903 bits per heavy atom. The summed E-state index contributed by atoms with van der Waals surface area (Å²) < 4.78 is 0. The van der Waals surface area contributed by atoms with Gasteiger partial charge in [-0.2, -0.15) is 0 Å². The van der Waals surface area contributed by atoms with Gasteiger partial charge in [-0.25, -0.2) is 4.79 Å². The van der Waals surface area contributed by atoms with Gasteiger partial charge < -0.3 is 43.4 Å². The van der Waals surface area contributed by atoms with Crippen LogP contribution in [0.25, 0.3) is 0 Å². The summed E-state index contributed by atoms with van der Waals surface area (Å²) in [7, 11) is 0. The zero-order valence-corrected chi connectivity index (χ0v) is 17.8. The molecule has 13 heteroatoms. The maximum absolute atomic E-state index is 12.6. The zero-order valence-electron chi connectivity index (χ0n) is 17.8. The third-order valence-corrected chi connectivity index (χ3v) is 4.38. The Hall–Kier alpha value is -2.77. The van der Waals surface area contributed by atoms with Gasteiger partial charge in [0.2, 0.25) is 23.6 Å². The Morgan fingerprint density at radius 3 is 1.90 bits per heavy atom. The SMILES string of the molecule is CC(C)[C@H](NC(=O)[C@H](CO)NC(=O)[C@H](CCCCN)NC(=O)[C@@H](N)CC(N)=O)C(=O)O. The van der Waals surface area contributed by atoms with Crippen LogP contribution in [0, 0.1) is 5.92 Å². The lowest BCUT2D eigenvalue weighted by atomic mass is 10.0. The van der Waals surface area contributed by atoms with E-state index in [4.69, 9.17) is 17.2 Å². The van der Waals surface area contributed by atoms with Crippen LogP contribution in [0.4, 0.5) is 0 Å². The molecule has 0 aliphatic heterocycles. The summed E-state index contributed by atoms with van der Waals surface area (Å²) >= 11 is 0. The minimum atomic E-state index is -1.44. The van der Waals surface area contributed by atoms with Crippen LogP contribution in [-0.4, -0.2) is 77.1 Å². The molecule has 0 aromatic heterocycles. The third-order valence-electron chi connectivity index (χ3n) is 4.38. The van der Waals surface area contributed by atoms with E-state index in [0.717, 1.165) is 0 Å². The standard InChI is InChI=1S/C18H34N6O7/c1-9(2)14(18(30)31)24-17(29)12(8-25)23-16(28)11(5-3-4-6-19)22-15(27)10(20)7-13(21)26/h9-12,14,25H,3-8,19-20H2,1-2H3,(H2,21,26)(H,22,27)(H,23,28)(H,24,29)(H,30,31)/t10-,11-,12-,14-/m0/s1. The predicted octanol–water partition coefficient (Wildman–Crippen LogP) is -3.49. The van der Waals surface area contributed by atoms with E-state index in [1.807, 2.05) is 0 Å². The molecule has 0 aliphatic rings. The van der Waals surface area contributed by atoms with Gasteiger partial charge in [-0.05, 0) is 31.7 Å². The van der Waals surface area contributed by atoms with Crippen molar-refractivity contribution in [3.05, 3.63) is 0 Å². The number of unbranched alkanes of at least 4 members (excludes halogenated alkanes) is 1. The predicted molar refractivity (Wildman–Crippen MR) is 110 cm³/mol. The van der Waals surface area contributed by atoms with E-state index in [0.29, 0.717) is 19.4 Å². The molecule has 0 aromatic carbocycles. The molecule has 0 radical (unpaired) electrons. The number of aliphatic carboxylic acids is 1. The molecule has 0 fully saturated rings. The van der Waals surface area contributed by atoms with Gasteiger partial charge in [0.1, 0.15) is 18.1 Å². The molecule has 31 heavy (non-hydrogen) atoms. The molecular formula is C18H34N6O7. The summed E-state index contributed by atoms with van der Waals surface area (Å²) in [5.41, 5.74) is 16.0. The molecule has 11 N–H and O–H groups in total. The summed E-state index contributed by atoms with van der Waals surface area (Å²) in [6, 6.07) is -5.05. The normalized spacial score (nSPS) is 14.8. The lowest BCUT2D eigenvalue weighted by Crippen LogP contribution is -2.58. The van der Waals surface area contributed by atoms with Crippen LogP contribution in [0.2, 0.25) is 0 Å². The van der Waals surface area contributed by atoms with Crippen molar-refractivity contribution < 1.29 is 34.2 Å². The molecule has 0 saturated heterocycles. The second-order valence-electron chi connectivity index (χ2n) is 7.43. The van der Waals surface area contributed by atoms with Crippen LogP contribution in [0.3, 0.4) is 0 Å². The number of nitrogens with one attached hydrogen (secondary N) is 3. The number of carbonyl (C=O) groups excluding carboxylic acids is 4. The molecule has 0 unspecified atom stereocenters. The number of carboxylic acids is 1. The first-order chi connectivity index (χ1) is 14.4. The molecule has 0 bridgehead atoms. The fourth-order valence-corrected chi connectivity index (χ4v) is 2.58. The summed E-state index contributed by atoms with van der Waals surface area (Å²) in [5, 5.41) is 25.6. The number of amides is 4. The second kappa shape index (κ2) is 14.3. The largest absolute Gasteiger partial charge is 0.480 e. The average Bonchev–Trinajstić information content (AvgIpc) is 2.67. The van der Waals surface area contributed by atoms with Crippen molar-refractivity contribution in [3.63, 3.8) is 0 Å². The monoisotopic (exact) mass is 446 g/mol. The van der Waals surface area contributed by atoms with Gasteiger partial charge in [-0.1, -0.05) is 13.8 Å². The highest BCUT2D eigenvalue weighted by atomic mass is 16.4. The maximum atomic E-state index is 12.6. The van der Waals surface area contributed by atoms with E-state index in [1.54, 1.807) is 13.8 Å². The maximum Gasteiger partial charge on any atom is 0.326 e. The van der Waals surface area contributed by atoms with Crippen molar-refractivity contribution in [3.8, 4) is 0 Å². The fourth-order valence-electron chi connectivity index (χ4n) is 2.58. The van der Waals surface area contributed by atoms with E-state index in [9.17, 15) is 34.2 Å². The lowest BCUT2D eigenvalue weighted by Gasteiger charge is -2.25. The molecular weight excluding hydrogens is 412 g/mol. The van der Waals surface area contributed by atoms with Crippen LogP contribution in [0.5, 0.6) is 0 Å². The van der Waals surface area contributed by atoms with Crippen molar-refractivity contribution in [2.24, 2.45) is 23.1 Å². The van der Waals surface area contributed by atoms with Crippen LogP contribution >= 0.6 is 0 Å². The van der Waals surface area contributed by atoms with E-state index in [2.05, 4.69) is 16.0 Å². The third kappa shape index (κ3) is 10.7. The lowest BCUT2D eigenvalue weighted by molar-refractivity contribution is -0.143. The summed E-state index contributed by atoms with van der Waals surface area (Å²) in [4.78, 5) is 59.4. The smallest absolute Gasteiger partial charge is 0.326 e. The molecule has 0 saturated carbocycles. The minimum Gasteiger partial charge on any atom is -0.480 e. The Balaban J connectivity index is 5.25. The summed E-state index contributed by atoms with van der Waals surface area (Å²) in [6.45, 7) is 2.73. The first-order valence-electron chi connectivity index (χ1n) is 9.93. The molecule has 0 rings (SSSR count). The van der Waals surface area contributed by atoms with E-state index >= 15 is 0 Å². The number of aliphatic hydroxyl groups is 1. The Labute approximate surface area is 180 Å². The Kier molecular flexibility index (Phi) is 13.0. The van der Waals surface area contributed by atoms with E-state index < -0.39 is 72.7 Å². The van der Waals surface area contributed by atoms with E-state index in [1.165, 1.54) is 0 Å². The minimum absolute atomic E-state index is 0.154. The number of hydrogen-bond donors (Lipinski definition) is 8. The second-order valence-corrected chi connectivity index (χ2v) is 7.43. The number of hydrogen-bond acceptors (Lipinski definition) is 8. The number of carboxylic acid groups (broad SMARTS) is 1. The Bertz CT molecular complexity index is 643. The van der Waals surface area contributed by atoms with Crippen molar-refractivity contribution in [2.75, 3.05) is 13.2 Å². The number of primary amides is 1. The van der Waals surface area contributed by atoms with Gasteiger partial charge in [0.05, 0.1) is 19.1 Å². The molecule has 13 nitrogen and oxygen atoms in total. The quantitative estimate of drug-likeness (QED) is 0.116. The number of aliphatic hydroxyl groups excluding tert-OH is 1. The van der Waals surface area contributed by atoms with Gasteiger partial charge in [0.15, 0.2) is 0 Å². The van der Waals surface area contributed by atoms with E-state index in [-0.39, 0.29) is 6.42 Å². The van der Waals surface area contributed by atoms with Crippen LogP contribution < -0.4 is 33.2 Å². The number of rotatable bonds is 15. The Morgan fingerprint density at radius 2 is 1.45 bits per heavy atom. The van der Waals surface area contributed by atoms with Gasteiger partial charge in [0.25, 0.3) is 0 Å². The molecule has 0 heterocycles. The highest BCUT2D eigenvalue weighted by Gasteiger charge is 2.31.